The minimum atomic E-state index is -3.37. The first-order valence-corrected chi connectivity index (χ1v) is 8.88. The van der Waals surface area contributed by atoms with Crippen molar-refractivity contribution in [3.05, 3.63) is 12.3 Å². The topological polar surface area (TPSA) is 92.7 Å². The van der Waals surface area contributed by atoms with Gasteiger partial charge in [-0.3, -0.25) is 4.79 Å². The molecule has 0 radical (unpaired) electrons. The van der Waals surface area contributed by atoms with Crippen molar-refractivity contribution in [2.45, 2.75) is 12.2 Å². The van der Waals surface area contributed by atoms with E-state index in [0.717, 1.165) is 6.26 Å². The number of rotatable bonds is 4. The fourth-order valence-corrected chi connectivity index (χ4v) is 2.68. The normalized spacial score (nSPS) is 17.2. The number of aromatic nitrogens is 2. The maximum absolute atomic E-state index is 12.2. The number of amides is 1. The SMILES string of the molecule is COc1ccnc(N2CCN(C(=O)[C@H](C)S(C)(=O)=O)CC2)n1. The van der Waals surface area contributed by atoms with Gasteiger partial charge in [-0.15, -0.1) is 0 Å². The smallest absolute Gasteiger partial charge is 0.240 e. The third-order valence-corrected chi connectivity index (χ3v) is 5.18. The fourth-order valence-electron chi connectivity index (χ4n) is 2.17. The van der Waals surface area contributed by atoms with Crippen molar-refractivity contribution in [2.24, 2.45) is 0 Å². The molecule has 0 aromatic carbocycles. The quantitative estimate of drug-likeness (QED) is 0.740. The molecule has 2 rings (SSSR count). The second-order valence-electron chi connectivity index (χ2n) is 5.18. The number of hydrogen-bond donors (Lipinski definition) is 0. The van der Waals surface area contributed by atoms with Gasteiger partial charge in [0.25, 0.3) is 0 Å². The molecule has 8 nitrogen and oxygen atoms in total. The van der Waals surface area contributed by atoms with Gasteiger partial charge < -0.3 is 14.5 Å². The predicted octanol–water partition coefficient (Wildman–Crippen LogP) is -0.433. The van der Waals surface area contributed by atoms with E-state index in [2.05, 4.69) is 9.97 Å². The Hall–Kier alpha value is -1.90. The average molecular weight is 328 g/mol. The summed E-state index contributed by atoms with van der Waals surface area (Å²) in [6.07, 6.45) is 2.69. The van der Waals surface area contributed by atoms with E-state index in [1.165, 1.54) is 14.0 Å². The summed E-state index contributed by atoms with van der Waals surface area (Å²) in [5.41, 5.74) is 0. The van der Waals surface area contributed by atoms with Crippen LogP contribution in [0, 0.1) is 0 Å². The lowest BCUT2D eigenvalue weighted by Crippen LogP contribution is -2.52. The largest absolute Gasteiger partial charge is 0.481 e. The van der Waals surface area contributed by atoms with E-state index in [-0.39, 0.29) is 5.91 Å². The molecule has 1 aromatic heterocycles. The average Bonchev–Trinajstić information content (AvgIpc) is 2.53. The maximum atomic E-state index is 12.2. The van der Waals surface area contributed by atoms with E-state index >= 15 is 0 Å². The lowest BCUT2D eigenvalue weighted by Gasteiger charge is -2.35. The molecule has 2 heterocycles. The molecular weight excluding hydrogens is 308 g/mol. The molecule has 1 amide bonds. The molecule has 0 spiro atoms. The lowest BCUT2D eigenvalue weighted by molar-refractivity contribution is -0.130. The third-order valence-electron chi connectivity index (χ3n) is 3.69. The summed E-state index contributed by atoms with van der Waals surface area (Å²) >= 11 is 0. The molecule has 1 fully saturated rings. The second-order valence-corrected chi connectivity index (χ2v) is 7.55. The molecule has 0 N–H and O–H groups in total. The highest BCUT2D eigenvalue weighted by Gasteiger charge is 2.30. The molecule has 1 aromatic rings. The minimum absolute atomic E-state index is 0.353. The first-order chi connectivity index (χ1) is 10.3. The van der Waals surface area contributed by atoms with Gasteiger partial charge in [-0.25, -0.2) is 13.4 Å². The molecule has 1 atom stereocenters. The number of sulfone groups is 1. The molecule has 0 saturated carbocycles. The van der Waals surface area contributed by atoms with Crippen LogP contribution >= 0.6 is 0 Å². The van der Waals surface area contributed by atoms with E-state index in [1.54, 1.807) is 17.2 Å². The predicted molar refractivity (Wildman–Crippen MR) is 81.7 cm³/mol. The zero-order valence-electron chi connectivity index (χ0n) is 12.9. The van der Waals surface area contributed by atoms with Crippen LogP contribution in [0.5, 0.6) is 5.88 Å². The van der Waals surface area contributed by atoms with Crippen LogP contribution in [0.1, 0.15) is 6.92 Å². The zero-order chi connectivity index (χ0) is 16.3. The molecular formula is C13H20N4O4S. The summed E-state index contributed by atoms with van der Waals surface area (Å²) < 4.78 is 28.0. The molecule has 122 valence electrons. The van der Waals surface area contributed by atoms with Gasteiger partial charge in [0, 0.05) is 44.7 Å². The monoisotopic (exact) mass is 328 g/mol. The van der Waals surface area contributed by atoms with Crippen LogP contribution in [0.4, 0.5) is 5.95 Å². The van der Waals surface area contributed by atoms with Gasteiger partial charge in [0.1, 0.15) is 5.25 Å². The molecule has 0 bridgehead atoms. The summed E-state index contributed by atoms with van der Waals surface area (Å²) in [4.78, 5) is 24.1. The summed E-state index contributed by atoms with van der Waals surface area (Å²) in [5, 5.41) is -1.01. The number of hydrogen-bond acceptors (Lipinski definition) is 7. The van der Waals surface area contributed by atoms with Crippen molar-refractivity contribution in [1.82, 2.24) is 14.9 Å². The van der Waals surface area contributed by atoms with Crippen molar-refractivity contribution in [3.8, 4) is 5.88 Å². The first kappa shape index (κ1) is 16.5. The molecule has 22 heavy (non-hydrogen) atoms. The van der Waals surface area contributed by atoms with Gasteiger partial charge in [0.15, 0.2) is 9.84 Å². The highest BCUT2D eigenvalue weighted by molar-refractivity contribution is 7.92. The van der Waals surface area contributed by atoms with Gasteiger partial charge in [-0.2, -0.15) is 4.98 Å². The summed E-state index contributed by atoms with van der Waals surface area (Å²) in [5.74, 6) is 0.672. The number of methoxy groups -OCH3 is 1. The van der Waals surface area contributed by atoms with Crippen molar-refractivity contribution >= 4 is 21.7 Å². The Morgan fingerprint density at radius 3 is 2.50 bits per heavy atom. The number of anilines is 1. The van der Waals surface area contributed by atoms with Gasteiger partial charge in [-0.1, -0.05) is 0 Å². The first-order valence-electron chi connectivity index (χ1n) is 6.92. The lowest BCUT2D eigenvalue weighted by atomic mass is 10.3. The molecule has 1 aliphatic heterocycles. The Morgan fingerprint density at radius 1 is 1.32 bits per heavy atom. The van der Waals surface area contributed by atoms with E-state index in [4.69, 9.17) is 4.74 Å². The van der Waals surface area contributed by atoms with Crippen molar-refractivity contribution in [1.29, 1.82) is 0 Å². The molecule has 1 aliphatic rings. The highest BCUT2D eigenvalue weighted by Crippen LogP contribution is 2.15. The van der Waals surface area contributed by atoms with Crippen molar-refractivity contribution < 1.29 is 17.9 Å². The maximum Gasteiger partial charge on any atom is 0.240 e. The number of carbonyl (C=O) groups is 1. The van der Waals surface area contributed by atoms with E-state index in [1.807, 2.05) is 4.90 Å². The van der Waals surface area contributed by atoms with Gasteiger partial charge in [0.2, 0.25) is 17.7 Å². The standard InChI is InChI=1S/C13H20N4O4S/c1-10(22(3,19)20)12(18)16-6-8-17(9-7-16)13-14-5-4-11(15-13)21-2/h4-5,10H,6-9H2,1-3H3/t10-/m0/s1. The number of ether oxygens (including phenoxy) is 1. The Balaban J connectivity index is 1.99. The minimum Gasteiger partial charge on any atom is -0.481 e. The van der Waals surface area contributed by atoms with Crippen LogP contribution in [0.2, 0.25) is 0 Å². The Labute approximate surface area is 130 Å². The third kappa shape index (κ3) is 3.65. The van der Waals surface area contributed by atoms with Crippen LogP contribution in [-0.4, -0.2) is 74.0 Å². The van der Waals surface area contributed by atoms with Crippen LogP contribution < -0.4 is 9.64 Å². The van der Waals surface area contributed by atoms with Gasteiger partial charge in [0.05, 0.1) is 7.11 Å². The van der Waals surface area contributed by atoms with Gasteiger partial charge >= 0.3 is 0 Å². The number of nitrogens with zero attached hydrogens (tertiary/aromatic N) is 4. The summed E-state index contributed by atoms with van der Waals surface area (Å²) in [7, 11) is -1.84. The summed E-state index contributed by atoms with van der Waals surface area (Å²) in [6.45, 7) is 3.42. The Bertz CT molecular complexity index is 641. The van der Waals surface area contributed by atoms with Crippen molar-refractivity contribution in [2.75, 3.05) is 44.4 Å². The van der Waals surface area contributed by atoms with Crippen LogP contribution in [0.3, 0.4) is 0 Å². The Morgan fingerprint density at radius 2 is 1.95 bits per heavy atom. The van der Waals surface area contributed by atoms with Gasteiger partial charge in [-0.05, 0) is 6.92 Å². The van der Waals surface area contributed by atoms with Crippen LogP contribution in [0.15, 0.2) is 12.3 Å². The number of piperazine rings is 1. The van der Waals surface area contributed by atoms with Crippen molar-refractivity contribution in [3.63, 3.8) is 0 Å². The molecule has 9 heteroatoms. The fraction of sp³-hybridized carbons (Fsp3) is 0.615. The Kier molecular flexibility index (Phi) is 4.84. The summed E-state index contributed by atoms with van der Waals surface area (Å²) in [6, 6.07) is 1.66. The van der Waals surface area contributed by atoms with E-state index in [9.17, 15) is 13.2 Å². The van der Waals surface area contributed by atoms with E-state index in [0.29, 0.717) is 38.0 Å². The molecule has 0 aliphatic carbocycles. The van der Waals surface area contributed by atoms with E-state index < -0.39 is 15.1 Å². The van der Waals surface area contributed by atoms with Crippen LogP contribution in [0.25, 0.3) is 0 Å². The van der Waals surface area contributed by atoms with Crippen LogP contribution in [-0.2, 0) is 14.6 Å². The second kappa shape index (κ2) is 6.47. The highest BCUT2D eigenvalue weighted by atomic mass is 32.2. The zero-order valence-corrected chi connectivity index (χ0v) is 13.7. The number of carbonyl (C=O) groups excluding carboxylic acids is 1. The molecule has 1 saturated heterocycles. The molecule has 0 unspecified atom stereocenters.